The molecule has 0 aromatic heterocycles. The van der Waals surface area contributed by atoms with E-state index in [0.717, 1.165) is 21.2 Å². The molecule has 0 aliphatic carbocycles. The third kappa shape index (κ3) is 4.41. The van der Waals surface area contributed by atoms with Gasteiger partial charge in [-0.05, 0) is 53.4 Å². The van der Waals surface area contributed by atoms with Crippen molar-refractivity contribution >= 4 is 27.6 Å². The average Bonchev–Trinajstić information content (AvgIpc) is 2.77. The van der Waals surface area contributed by atoms with Crippen LogP contribution in [0.2, 0.25) is 0 Å². The minimum absolute atomic E-state index is 0.0882. The molecule has 1 aliphatic rings. The van der Waals surface area contributed by atoms with Crippen molar-refractivity contribution in [2.24, 2.45) is 5.73 Å². The van der Waals surface area contributed by atoms with Crippen molar-refractivity contribution in [3.05, 3.63) is 93.0 Å². The van der Waals surface area contributed by atoms with E-state index in [1.54, 1.807) is 18.2 Å². The molecular weight excluding hydrogens is 470 g/mol. The van der Waals surface area contributed by atoms with Gasteiger partial charge in [-0.25, -0.2) is 0 Å². The molecule has 1 atom stereocenters. The molecule has 1 heterocycles. The van der Waals surface area contributed by atoms with Crippen LogP contribution in [0.3, 0.4) is 0 Å². The lowest BCUT2D eigenvalue weighted by molar-refractivity contribution is 0.0930. The Morgan fingerprint density at radius 2 is 1.81 bits per heavy atom. The summed E-state index contributed by atoms with van der Waals surface area (Å²) in [6, 6.07) is 18.6. The van der Waals surface area contributed by atoms with Gasteiger partial charge in [0, 0.05) is 22.0 Å². The first-order valence-corrected chi connectivity index (χ1v) is 11.3. The summed E-state index contributed by atoms with van der Waals surface area (Å²) < 4.78 is 13.5. The number of rotatable bonds is 6. The van der Waals surface area contributed by atoms with Crippen molar-refractivity contribution in [3.8, 4) is 11.5 Å². The molecule has 2 N–H and O–H groups in total. The highest BCUT2D eigenvalue weighted by Gasteiger charge is 2.27. The lowest BCUT2D eigenvalue weighted by atomic mass is 9.93. The van der Waals surface area contributed by atoms with Crippen LogP contribution in [0.25, 0.3) is 0 Å². The van der Waals surface area contributed by atoms with Gasteiger partial charge in [-0.15, -0.1) is 0 Å². The van der Waals surface area contributed by atoms with Gasteiger partial charge in [0.1, 0.15) is 17.6 Å². The van der Waals surface area contributed by atoms with Crippen LogP contribution in [0.5, 0.6) is 11.5 Å². The first-order chi connectivity index (χ1) is 15.3. The van der Waals surface area contributed by atoms with E-state index in [2.05, 4.69) is 29.8 Å². The monoisotopic (exact) mass is 493 g/mol. The Labute approximate surface area is 195 Å². The maximum atomic E-state index is 12.4. The van der Waals surface area contributed by atoms with Crippen molar-refractivity contribution in [1.82, 2.24) is 0 Å². The van der Waals surface area contributed by atoms with Crippen molar-refractivity contribution in [1.29, 1.82) is 0 Å². The number of Topliss-reactive ketones (excluding diaryl/α,β-unsaturated/α-hetero) is 1. The molecule has 1 amide bonds. The molecule has 0 fully saturated rings. The molecule has 0 spiro atoms. The Balaban J connectivity index is 1.81. The van der Waals surface area contributed by atoms with Gasteiger partial charge in [0.15, 0.2) is 5.78 Å². The zero-order chi connectivity index (χ0) is 22.8. The van der Waals surface area contributed by atoms with E-state index in [4.69, 9.17) is 15.2 Å². The van der Waals surface area contributed by atoms with Gasteiger partial charge in [0.05, 0.1) is 12.2 Å². The second kappa shape index (κ2) is 9.17. The van der Waals surface area contributed by atoms with Crippen LogP contribution < -0.4 is 15.2 Å². The summed E-state index contributed by atoms with van der Waals surface area (Å²) in [6.45, 7) is 4.49. The second-order valence-electron chi connectivity index (χ2n) is 8.07. The minimum atomic E-state index is -0.477. The summed E-state index contributed by atoms with van der Waals surface area (Å²) in [5, 5.41) is 0. The number of nitrogens with two attached hydrogens (primary N) is 1. The van der Waals surface area contributed by atoms with Gasteiger partial charge < -0.3 is 15.2 Å². The molecule has 1 aliphatic heterocycles. The standard InChI is InChI=1S/C26H24BrNO4/c1-15(2)23-22(11-10-20-21(29)12-13-31-25(20)23)32-24(18-4-3-5-19(27)14-18)16-6-8-17(9-7-16)26(28)30/h3-11,14-15,24H,12-13H2,1-2H3,(H2,28,30)/t24-/m1/s1. The van der Waals surface area contributed by atoms with Crippen LogP contribution in [0.15, 0.2) is 65.1 Å². The van der Waals surface area contributed by atoms with Gasteiger partial charge >= 0.3 is 0 Å². The summed E-state index contributed by atoms with van der Waals surface area (Å²) in [7, 11) is 0. The van der Waals surface area contributed by atoms with Gasteiger partial charge in [0.25, 0.3) is 0 Å². The highest BCUT2D eigenvalue weighted by molar-refractivity contribution is 9.10. The zero-order valence-electron chi connectivity index (χ0n) is 17.9. The van der Waals surface area contributed by atoms with E-state index < -0.39 is 12.0 Å². The van der Waals surface area contributed by atoms with Gasteiger partial charge in [-0.2, -0.15) is 0 Å². The summed E-state index contributed by atoms with van der Waals surface area (Å²) in [5.74, 6) is 0.981. The molecule has 164 valence electrons. The predicted octanol–water partition coefficient (Wildman–Crippen LogP) is 5.81. The van der Waals surface area contributed by atoms with Gasteiger partial charge in [-0.1, -0.05) is 54.0 Å². The highest BCUT2D eigenvalue weighted by atomic mass is 79.9. The maximum Gasteiger partial charge on any atom is 0.248 e. The number of carbonyl (C=O) groups is 2. The van der Waals surface area contributed by atoms with Crippen LogP contribution in [-0.4, -0.2) is 18.3 Å². The number of carbonyl (C=O) groups excluding carboxylic acids is 2. The fraction of sp³-hybridized carbons (Fsp3) is 0.231. The van der Waals surface area contributed by atoms with Crippen molar-refractivity contribution in [2.45, 2.75) is 32.3 Å². The van der Waals surface area contributed by atoms with Crippen LogP contribution in [0.1, 0.15) is 69.7 Å². The predicted molar refractivity (Wildman–Crippen MR) is 127 cm³/mol. The van der Waals surface area contributed by atoms with Crippen molar-refractivity contribution in [3.63, 3.8) is 0 Å². The SMILES string of the molecule is CC(C)c1c(O[C@H](c2ccc(C(N)=O)cc2)c2cccc(Br)c2)ccc2c1OCCC2=O. The summed E-state index contributed by atoms with van der Waals surface area (Å²) in [4.78, 5) is 23.9. The highest BCUT2D eigenvalue weighted by Crippen LogP contribution is 2.42. The molecule has 5 nitrogen and oxygen atoms in total. The third-order valence-corrected chi connectivity index (χ3v) is 6.00. The van der Waals surface area contributed by atoms with E-state index in [0.29, 0.717) is 35.7 Å². The number of benzene rings is 3. The summed E-state index contributed by atoms with van der Waals surface area (Å²) in [6.07, 6.45) is -0.0540. The molecule has 32 heavy (non-hydrogen) atoms. The Kier molecular flexibility index (Phi) is 6.33. The molecule has 0 saturated heterocycles. The number of ether oxygens (including phenoxy) is 2. The summed E-state index contributed by atoms with van der Waals surface area (Å²) >= 11 is 3.54. The smallest absolute Gasteiger partial charge is 0.248 e. The molecule has 3 aromatic rings. The number of hydrogen-bond acceptors (Lipinski definition) is 4. The van der Waals surface area contributed by atoms with E-state index in [1.807, 2.05) is 42.5 Å². The summed E-state index contributed by atoms with van der Waals surface area (Å²) in [5.41, 5.74) is 9.14. The van der Waals surface area contributed by atoms with Crippen LogP contribution in [0.4, 0.5) is 0 Å². The fourth-order valence-electron chi connectivity index (χ4n) is 3.93. The van der Waals surface area contributed by atoms with E-state index in [9.17, 15) is 9.59 Å². The zero-order valence-corrected chi connectivity index (χ0v) is 19.5. The molecule has 3 aromatic carbocycles. The molecule has 0 saturated carbocycles. The van der Waals surface area contributed by atoms with Gasteiger partial charge in [0.2, 0.25) is 5.91 Å². The first kappa shape index (κ1) is 22.1. The second-order valence-corrected chi connectivity index (χ2v) is 8.99. The fourth-order valence-corrected chi connectivity index (χ4v) is 4.35. The third-order valence-electron chi connectivity index (χ3n) is 5.50. The number of fused-ring (bicyclic) bond motifs is 1. The lowest BCUT2D eigenvalue weighted by Crippen LogP contribution is -2.18. The van der Waals surface area contributed by atoms with Crippen LogP contribution in [-0.2, 0) is 0 Å². The molecule has 0 unspecified atom stereocenters. The molecule has 4 rings (SSSR count). The topological polar surface area (TPSA) is 78.6 Å². The minimum Gasteiger partial charge on any atom is -0.492 e. The van der Waals surface area contributed by atoms with Crippen LogP contribution >= 0.6 is 15.9 Å². The normalized spacial score (nSPS) is 13.9. The molecule has 0 bridgehead atoms. The molecular formula is C26H24BrNO4. The number of halogens is 1. The Hall–Kier alpha value is -3.12. The van der Waals surface area contributed by atoms with Crippen molar-refractivity contribution in [2.75, 3.05) is 6.61 Å². The number of primary amides is 1. The maximum absolute atomic E-state index is 12.4. The van der Waals surface area contributed by atoms with E-state index >= 15 is 0 Å². The van der Waals surface area contributed by atoms with Crippen LogP contribution in [0, 0.1) is 0 Å². The van der Waals surface area contributed by atoms with E-state index in [-0.39, 0.29) is 11.7 Å². The Bertz CT molecular complexity index is 1170. The number of ketones is 1. The van der Waals surface area contributed by atoms with Gasteiger partial charge in [-0.3, -0.25) is 9.59 Å². The first-order valence-electron chi connectivity index (χ1n) is 10.5. The lowest BCUT2D eigenvalue weighted by Gasteiger charge is -2.27. The largest absolute Gasteiger partial charge is 0.492 e. The van der Waals surface area contributed by atoms with E-state index in [1.165, 1.54) is 0 Å². The molecule has 0 radical (unpaired) electrons. The Morgan fingerprint density at radius 3 is 2.47 bits per heavy atom. The average molecular weight is 494 g/mol. The van der Waals surface area contributed by atoms with Crippen molar-refractivity contribution < 1.29 is 19.1 Å². The quantitative estimate of drug-likeness (QED) is 0.470. The number of amides is 1. The molecule has 6 heteroatoms. The Morgan fingerprint density at radius 1 is 1.06 bits per heavy atom. The number of hydrogen-bond donors (Lipinski definition) is 1.